The zero-order valence-electron chi connectivity index (χ0n) is 11.7. The van der Waals surface area contributed by atoms with Crippen LogP contribution in [0.4, 0.5) is 10.2 Å². The Kier molecular flexibility index (Phi) is 3.48. The van der Waals surface area contributed by atoms with Crippen LogP contribution in [-0.4, -0.2) is 22.7 Å². The van der Waals surface area contributed by atoms with Gasteiger partial charge in [-0.25, -0.2) is 9.37 Å². The highest BCUT2D eigenvalue weighted by atomic mass is 19.1. The third-order valence-electron chi connectivity index (χ3n) is 3.43. The summed E-state index contributed by atoms with van der Waals surface area (Å²) in [6.45, 7) is 1.46. The Labute approximate surface area is 122 Å². The number of alkyl halides is 1. The molecule has 1 aromatic carbocycles. The van der Waals surface area contributed by atoms with Gasteiger partial charge in [0.05, 0.1) is 5.69 Å². The van der Waals surface area contributed by atoms with E-state index in [0.29, 0.717) is 11.6 Å². The number of aromatic nitrogens is 2. The fourth-order valence-electron chi connectivity index (χ4n) is 2.32. The first-order valence-corrected chi connectivity index (χ1v) is 6.73. The van der Waals surface area contributed by atoms with Gasteiger partial charge in [0.1, 0.15) is 30.5 Å². The van der Waals surface area contributed by atoms with Crippen molar-refractivity contribution in [3.63, 3.8) is 0 Å². The molecule has 0 saturated heterocycles. The molecule has 0 aliphatic heterocycles. The zero-order valence-corrected chi connectivity index (χ0v) is 11.7. The second-order valence-electron chi connectivity index (χ2n) is 4.76. The fraction of sp³-hybridized carbons (Fsp3) is 0.188. The standard InChI is InChI=1S/C16H16FN3O/c1-11-16(18)19-15-7-6-12(10-20(11)15)13-4-2-3-5-14(13)21-9-8-17/h2-7,10H,8-9,18H2,1H3. The molecule has 0 aliphatic carbocycles. The summed E-state index contributed by atoms with van der Waals surface area (Å²) < 4.78 is 19.7. The number of nitrogens with zero attached hydrogens (tertiary/aromatic N) is 2. The Morgan fingerprint density at radius 3 is 2.86 bits per heavy atom. The zero-order chi connectivity index (χ0) is 14.8. The van der Waals surface area contributed by atoms with Crippen molar-refractivity contribution < 1.29 is 9.13 Å². The molecule has 3 rings (SSSR count). The van der Waals surface area contributed by atoms with E-state index in [1.54, 1.807) is 0 Å². The van der Waals surface area contributed by atoms with E-state index in [9.17, 15) is 4.39 Å². The molecule has 0 unspecified atom stereocenters. The normalized spacial score (nSPS) is 11.0. The minimum atomic E-state index is -0.509. The number of imidazole rings is 1. The summed E-state index contributed by atoms with van der Waals surface area (Å²) in [7, 11) is 0. The number of pyridine rings is 1. The molecule has 2 aromatic heterocycles. The molecule has 0 fully saturated rings. The molecule has 5 heteroatoms. The van der Waals surface area contributed by atoms with Crippen LogP contribution in [-0.2, 0) is 0 Å². The van der Waals surface area contributed by atoms with E-state index in [1.165, 1.54) is 0 Å². The van der Waals surface area contributed by atoms with E-state index in [-0.39, 0.29) is 6.61 Å². The van der Waals surface area contributed by atoms with Crippen LogP contribution in [0.1, 0.15) is 5.69 Å². The lowest BCUT2D eigenvalue weighted by atomic mass is 10.1. The van der Waals surface area contributed by atoms with E-state index >= 15 is 0 Å². The molecule has 0 bridgehead atoms. The van der Waals surface area contributed by atoms with Gasteiger partial charge < -0.3 is 14.9 Å². The number of fused-ring (bicyclic) bond motifs is 1. The smallest absolute Gasteiger partial charge is 0.145 e. The van der Waals surface area contributed by atoms with Crippen LogP contribution in [0.2, 0.25) is 0 Å². The van der Waals surface area contributed by atoms with Crippen molar-refractivity contribution >= 4 is 11.5 Å². The van der Waals surface area contributed by atoms with Crippen molar-refractivity contribution in [1.29, 1.82) is 0 Å². The van der Waals surface area contributed by atoms with Gasteiger partial charge in [0.2, 0.25) is 0 Å². The predicted octanol–water partition coefficient (Wildman–Crippen LogP) is 3.24. The van der Waals surface area contributed by atoms with Gasteiger partial charge in [-0.05, 0) is 25.1 Å². The van der Waals surface area contributed by atoms with Crippen LogP contribution in [0.5, 0.6) is 5.75 Å². The highest BCUT2D eigenvalue weighted by Crippen LogP contribution is 2.30. The number of hydrogen-bond donors (Lipinski definition) is 1. The van der Waals surface area contributed by atoms with Crippen LogP contribution in [0, 0.1) is 6.92 Å². The number of benzene rings is 1. The molecule has 2 N–H and O–H groups in total. The van der Waals surface area contributed by atoms with Gasteiger partial charge in [-0.1, -0.05) is 18.2 Å². The average Bonchev–Trinajstić information content (AvgIpc) is 2.80. The van der Waals surface area contributed by atoms with Crippen LogP contribution in [0.3, 0.4) is 0 Å². The SMILES string of the molecule is Cc1c(N)nc2ccc(-c3ccccc3OCCF)cn12. The number of ether oxygens (including phenoxy) is 1. The molecule has 0 atom stereocenters. The Hall–Kier alpha value is -2.56. The van der Waals surface area contributed by atoms with Gasteiger partial charge >= 0.3 is 0 Å². The summed E-state index contributed by atoms with van der Waals surface area (Å²) in [5.41, 5.74) is 9.42. The number of halogens is 1. The maximum atomic E-state index is 12.3. The molecule has 0 aliphatic rings. The van der Waals surface area contributed by atoms with E-state index in [2.05, 4.69) is 4.98 Å². The molecule has 0 spiro atoms. The van der Waals surface area contributed by atoms with Gasteiger partial charge in [-0.3, -0.25) is 0 Å². The highest BCUT2D eigenvalue weighted by molar-refractivity contribution is 5.71. The quantitative estimate of drug-likeness (QED) is 0.800. The van der Waals surface area contributed by atoms with E-state index < -0.39 is 6.67 Å². The number of rotatable bonds is 4. The maximum Gasteiger partial charge on any atom is 0.145 e. The van der Waals surface area contributed by atoms with Crippen molar-refractivity contribution in [3.8, 4) is 16.9 Å². The first kappa shape index (κ1) is 13.4. The van der Waals surface area contributed by atoms with Gasteiger partial charge in [-0.2, -0.15) is 0 Å². The topological polar surface area (TPSA) is 52.5 Å². The van der Waals surface area contributed by atoms with Crippen molar-refractivity contribution in [2.75, 3.05) is 19.0 Å². The largest absolute Gasteiger partial charge is 0.490 e. The second-order valence-corrected chi connectivity index (χ2v) is 4.76. The summed E-state index contributed by atoms with van der Waals surface area (Å²) in [5, 5.41) is 0. The van der Waals surface area contributed by atoms with Crippen LogP contribution >= 0.6 is 0 Å². The molecular formula is C16H16FN3O. The average molecular weight is 285 g/mol. The van der Waals surface area contributed by atoms with Crippen LogP contribution in [0.15, 0.2) is 42.6 Å². The van der Waals surface area contributed by atoms with Crippen molar-refractivity contribution in [1.82, 2.24) is 9.38 Å². The first-order chi connectivity index (χ1) is 10.2. The molecule has 2 heterocycles. The van der Waals surface area contributed by atoms with Crippen LogP contribution in [0.25, 0.3) is 16.8 Å². The predicted molar refractivity (Wildman–Crippen MR) is 81.2 cm³/mol. The molecule has 108 valence electrons. The minimum absolute atomic E-state index is 0.0519. The van der Waals surface area contributed by atoms with E-state index in [4.69, 9.17) is 10.5 Å². The lowest BCUT2D eigenvalue weighted by Gasteiger charge is -2.11. The Balaban J connectivity index is 2.10. The fourth-order valence-corrected chi connectivity index (χ4v) is 2.32. The number of nitrogens with two attached hydrogens (primary N) is 1. The lowest BCUT2D eigenvalue weighted by Crippen LogP contribution is -2.00. The third kappa shape index (κ3) is 2.42. The van der Waals surface area contributed by atoms with E-state index in [1.807, 2.05) is 53.9 Å². The monoisotopic (exact) mass is 285 g/mol. The number of aryl methyl sites for hydroxylation is 1. The molecule has 0 saturated carbocycles. The molecule has 21 heavy (non-hydrogen) atoms. The summed E-state index contributed by atoms with van der Waals surface area (Å²) in [4.78, 5) is 4.28. The van der Waals surface area contributed by atoms with Crippen molar-refractivity contribution in [2.45, 2.75) is 6.92 Å². The number of para-hydroxylation sites is 1. The summed E-state index contributed by atoms with van der Waals surface area (Å²) in [5.74, 6) is 1.19. The number of anilines is 1. The van der Waals surface area contributed by atoms with Gasteiger partial charge in [0.25, 0.3) is 0 Å². The molecular weight excluding hydrogens is 269 g/mol. The molecule has 0 radical (unpaired) electrons. The minimum Gasteiger partial charge on any atom is -0.490 e. The second kappa shape index (κ2) is 5.44. The van der Waals surface area contributed by atoms with Gasteiger partial charge in [-0.15, -0.1) is 0 Å². The molecule has 4 nitrogen and oxygen atoms in total. The molecule has 0 amide bonds. The Morgan fingerprint density at radius 2 is 2.05 bits per heavy atom. The first-order valence-electron chi connectivity index (χ1n) is 6.73. The summed E-state index contributed by atoms with van der Waals surface area (Å²) >= 11 is 0. The number of hydrogen-bond acceptors (Lipinski definition) is 3. The number of nitrogen functional groups attached to an aromatic ring is 1. The third-order valence-corrected chi connectivity index (χ3v) is 3.43. The summed E-state index contributed by atoms with van der Waals surface area (Å²) in [6.07, 6.45) is 1.96. The Morgan fingerprint density at radius 1 is 1.24 bits per heavy atom. The lowest BCUT2D eigenvalue weighted by molar-refractivity contribution is 0.274. The van der Waals surface area contributed by atoms with Crippen LogP contribution < -0.4 is 10.5 Å². The van der Waals surface area contributed by atoms with Crippen molar-refractivity contribution in [3.05, 3.63) is 48.3 Å². The van der Waals surface area contributed by atoms with Gasteiger partial charge in [0.15, 0.2) is 0 Å². The van der Waals surface area contributed by atoms with Gasteiger partial charge in [0, 0.05) is 17.3 Å². The summed E-state index contributed by atoms with van der Waals surface area (Å²) in [6, 6.07) is 11.4. The highest BCUT2D eigenvalue weighted by Gasteiger charge is 2.09. The Bertz CT molecular complexity index is 782. The van der Waals surface area contributed by atoms with Crippen molar-refractivity contribution in [2.24, 2.45) is 0 Å². The maximum absolute atomic E-state index is 12.3. The van der Waals surface area contributed by atoms with E-state index in [0.717, 1.165) is 22.5 Å². The molecule has 3 aromatic rings.